The van der Waals surface area contributed by atoms with Gasteiger partial charge in [0.15, 0.2) is 0 Å². The smallest absolute Gasteiger partial charge is 0.233 e. The van der Waals surface area contributed by atoms with Gasteiger partial charge in [-0.05, 0) is 28.8 Å². The van der Waals surface area contributed by atoms with Gasteiger partial charge in [-0.3, -0.25) is 9.89 Å². The standard InChI is InChI=1S/C18H17FN4O.2ClH/c19-16-7-5-15(6-8-16)18(11-20,17(21)24)14-3-1-12(2-4-14)13-9-22-23-10-13;;/h1-10H,11,20H2,(H2,21,24)(H,22,23);2*1H. The number of nitrogens with zero attached hydrogens (tertiary/aromatic N) is 1. The fraction of sp³-hybridized carbons (Fsp3) is 0.111. The van der Waals surface area contributed by atoms with E-state index in [9.17, 15) is 9.18 Å². The molecule has 0 bridgehead atoms. The lowest BCUT2D eigenvalue weighted by molar-refractivity contribution is -0.121. The summed E-state index contributed by atoms with van der Waals surface area (Å²) in [6.07, 6.45) is 3.48. The summed E-state index contributed by atoms with van der Waals surface area (Å²) in [4.78, 5) is 12.3. The lowest BCUT2D eigenvalue weighted by Crippen LogP contribution is -2.48. The first-order valence-electron chi connectivity index (χ1n) is 7.43. The van der Waals surface area contributed by atoms with E-state index in [1.54, 1.807) is 12.4 Å². The predicted octanol–water partition coefficient (Wildman–Crippen LogP) is 2.79. The van der Waals surface area contributed by atoms with Gasteiger partial charge < -0.3 is 11.5 Å². The molecule has 0 aliphatic rings. The van der Waals surface area contributed by atoms with Crippen molar-refractivity contribution in [2.24, 2.45) is 11.5 Å². The Morgan fingerprint density at radius 1 is 1.00 bits per heavy atom. The molecule has 3 rings (SSSR count). The summed E-state index contributed by atoms with van der Waals surface area (Å²) >= 11 is 0. The molecule has 2 aromatic carbocycles. The van der Waals surface area contributed by atoms with Crippen LogP contribution in [-0.2, 0) is 10.2 Å². The Hall–Kier alpha value is -2.41. The highest BCUT2D eigenvalue weighted by atomic mass is 35.5. The van der Waals surface area contributed by atoms with E-state index >= 15 is 0 Å². The molecule has 1 unspecified atom stereocenters. The van der Waals surface area contributed by atoms with Crippen molar-refractivity contribution >= 4 is 30.7 Å². The maximum atomic E-state index is 13.2. The van der Waals surface area contributed by atoms with Crippen LogP contribution in [0.2, 0.25) is 0 Å². The molecule has 0 saturated carbocycles. The normalized spacial score (nSPS) is 12.4. The summed E-state index contributed by atoms with van der Waals surface area (Å²) < 4.78 is 13.2. The Labute approximate surface area is 162 Å². The summed E-state index contributed by atoms with van der Waals surface area (Å²) in [6.45, 7) is -0.0149. The number of H-pyrrole nitrogens is 1. The molecule has 1 aromatic heterocycles. The minimum Gasteiger partial charge on any atom is -0.369 e. The fourth-order valence-electron chi connectivity index (χ4n) is 2.88. The van der Waals surface area contributed by atoms with Crippen LogP contribution in [-0.4, -0.2) is 22.6 Å². The number of amides is 1. The molecule has 3 aromatic rings. The molecule has 138 valence electrons. The fourth-order valence-corrected chi connectivity index (χ4v) is 2.88. The topological polar surface area (TPSA) is 97.8 Å². The summed E-state index contributed by atoms with van der Waals surface area (Å²) in [7, 11) is 0. The number of hydrogen-bond donors (Lipinski definition) is 3. The minimum atomic E-state index is -1.21. The second kappa shape index (κ2) is 8.80. The molecule has 1 heterocycles. The molecular weight excluding hydrogens is 378 g/mol. The number of carbonyl (C=O) groups is 1. The van der Waals surface area contributed by atoms with Gasteiger partial charge in [-0.2, -0.15) is 5.10 Å². The number of nitrogens with one attached hydrogen (secondary N) is 1. The Kier molecular flexibility index (Phi) is 7.32. The average Bonchev–Trinajstić information content (AvgIpc) is 3.12. The van der Waals surface area contributed by atoms with Crippen LogP contribution in [0, 0.1) is 5.82 Å². The molecule has 5 nitrogen and oxygen atoms in total. The molecule has 0 saturated heterocycles. The van der Waals surface area contributed by atoms with E-state index in [1.807, 2.05) is 24.3 Å². The SMILES string of the molecule is Cl.Cl.NCC(C(N)=O)(c1ccc(F)cc1)c1ccc(-c2cn[nH]c2)cc1. The van der Waals surface area contributed by atoms with Gasteiger partial charge in [0.1, 0.15) is 11.2 Å². The van der Waals surface area contributed by atoms with Crippen LogP contribution in [0.4, 0.5) is 4.39 Å². The molecule has 0 radical (unpaired) electrons. The second-order valence-corrected chi connectivity index (χ2v) is 5.54. The van der Waals surface area contributed by atoms with Crippen molar-refractivity contribution in [2.45, 2.75) is 5.41 Å². The van der Waals surface area contributed by atoms with E-state index in [0.717, 1.165) is 11.1 Å². The van der Waals surface area contributed by atoms with Gasteiger partial charge >= 0.3 is 0 Å². The van der Waals surface area contributed by atoms with Crippen molar-refractivity contribution < 1.29 is 9.18 Å². The molecule has 1 atom stereocenters. The quantitative estimate of drug-likeness (QED) is 0.618. The molecule has 0 spiro atoms. The molecule has 0 fully saturated rings. The van der Waals surface area contributed by atoms with Crippen molar-refractivity contribution in [3.8, 4) is 11.1 Å². The summed E-state index contributed by atoms with van der Waals surface area (Å²) in [5.41, 5.74) is 13.5. The first kappa shape index (κ1) is 21.6. The third kappa shape index (κ3) is 3.72. The van der Waals surface area contributed by atoms with E-state index < -0.39 is 11.3 Å². The Morgan fingerprint density at radius 2 is 1.54 bits per heavy atom. The monoisotopic (exact) mass is 396 g/mol. The van der Waals surface area contributed by atoms with E-state index in [1.165, 1.54) is 24.3 Å². The van der Waals surface area contributed by atoms with Crippen LogP contribution < -0.4 is 11.5 Å². The third-order valence-electron chi connectivity index (χ3n) is 4.27. The second-order valence-electron chi connectivity index (χ2n) is 5.54. The van der Waals surface area contributed by atoms with Crippen molar-refractivity contribution in [2.75, 3.05) is 6.54 Å². The highest BCUT2D eigenvalue weighted by molar-refractivity contribution is 5.91. The van der Waals surface area contributed by atoms with Crippen LogP contribution >= 0.6 is 24.8 Å². The largest absolute Gasteiger partial charge is 0.369 e. The zero-order chi connectivity index (χ0) is 17.2. The number of carbonyl (C=O) groups excluding carboxylic acids is 1. The molecule has 0 aliphatic heterocycles. The molecule has 8 heteroatoms. The van der Waals surface area contributed by atoms with Crippen molar-refractivity contribution in [1.82, 2.24) is 10.2 Å². The maximum Gasteiger partial charge on any atom is 0.233 e. The first-order valence-corrected chi connectivity index (χ1v) is 7.43. The van der Waals surface area contributed by atoms with Gasteiger partial charge in [0.25, 0.3) is 0 Å². The number of hydrogen-bond acceptors (Lipinski definition) is 3. The molecular formula is C18H19Cl2FN4O. The molecule has 0 aliphatic carbocycles. The number of rotatable bonds is 5. The lowest BCUT2D eigenvalue weighted by Gasteiger charge is -2.30. The van der Waals surface area contributed by atoms with Crippen LogP contribution in [0.1, 0.15) is 11.1 Å². The Morgan fingerprint density at radius 3 is 1.96 bits per heavy atom. The number of nitrogens with two attached hydrogens (primary N) is 2. The lowest BCUT2D eigenvalue weighted by atomic mass is 9.73. The predicted molar refractivity (Wildman–Crippen MR) is 104 cm³/mol. The highest BCUT2D eigenvalue weighted by Gasteiger charge is 2.39. The first-order chi connectivity index (χ1) is 11.6. The summed E-state index contributed by atoms with van der Waals surface area (Å²) in [5, 5.41) is 6.67. The number of aromatic amines is 1. The van der Waals surface area contributed by atoms with Crippen molar-refractivity contribution in [3.05, 3.63) is 77.9 Å². The van der Waals surface area contributed by atoms with E-state index in [2.05, 4.69) is 10.2 Å². The number of primary amides is 1. The highest BCUT2D eigenvalue weighted by Crippen LogP contribution is 2.33. The van der Waals surface area contributed by atoms with Gasteiger partial charge in [0, 0.05) is 18.3 Å². The van der Waals surface area contributed by atoms with E-state index in [0.29, 0.717) is 11.1 Å². The number of halogens is 3. The summed E-state index contributed by atoms with van der Waals surface area (Å²) in [5.74, 6) is -0.961. The van der Waals surface area contributed by atoms with Crippen LogP contribution in [0.15, 0.2) is 60.9 Å². The van der Waals surface area contributed by atoms with Gasteiger partial charge in [0.05, 0.1) is 6.20 Å². The molecule has 5 N–H and O–H groups in total. The maximum absolute atomic E-state index is 13.2. The molecule has 1 amide bonds. The van der Waals surface area contributed by atoms with Crippen LogP contribution in [0.3, 0.4) is 0 Å². The van der Waals surface area contributed by atoms with Gasteiger partial charge in [-0.15, -0.1) is 24.8 Å². The number of benzene rings is 2. The minimum absolute atomic E-state index is 0. The average molecular weight is 397 g/mol. The van der Waals surface area contributed by atoms with Crippen molar-refractivity contribution in [1.29, 1.82) is 0 Å². The Bertz CT molecular complexity index is 839. The van der Waals surface area contributed by atoms with Crippen LogP contribution in [0.5, 0.6) is 0 Å². The zero-order valence-electron chi connectivity index (χ0n) is 13.7. The van der Waals surface area contributed by atoms with Crippen LogP contribution in [0.25, 0.3) is 11.1 Å². The summed E-state index contributed by atoms with van der Waals surface area (Å²) in [6, 6.07) is 13.0. The van der Waals surface area contributed by atoms with Crippen molar-refractivity contribution in [3.63, 3.8) is 0 Å². The van der Waals surface area contributed by atoms with E-state index in [4.69, 9.17) is 11.5 Å². The van der Waals surface area contributed by atoms with Gasteiger partial charge in [-0.1, -0.05) is 36.4 Å². The molecule has 26 heavy (non-hydrogen) atoms. The number of aromatic nitrogens is 2. The third-order valence-corrected chi connectivity index (χ3v) is 4.27. The van der Waals surface area contributed by atoms with E-state index in [-0.39, 0.29) is 37.2 Å². The van der Waals surface area contributed by atoms with Gasteiger partial charge in [-0.25, -0.2) is 4.39 Å². The zero-order valence-corrected chi connectivity index (χ0v) is 15.3. The van der Waals surface area contributed by atoms with Gasteiger partial charge in [0.2, 0.25) is 5.91 Å². The Balaban J connectivity index is 0.00000169.